The molecule has 2 unspecified atom stereocenters. The van der Waals surface area contributed by atoms with Crippen molar-refractivity contribution in [3.05, 3.63) is 0 Å². The van der Waals surface area contributed by atoms with Gasteiger partial charge in [0.15, 0.2) is 6.61 Å². The highest BCUT2D eigenvalue weighted by Crippen LogP contribution is 2.18. The Bertz CT molecular complexity index is 472. The quantitative estimate of drug-likeness (QED) is 0.657. The molecule has 138 valence electrons. The smallest absolute Gasteiger partial charge is 0.422 e. The first-order valence-electron chi connectivity index (χ1n) is 7.20. The minimum absolute atomic E-state index is 0.0823. The van der Waals surface area contributed by atoms with Gasteiger partial charge >= 0.3 is 12.2 Å². The van der Waals surface area contributed by atoms with Gasteiger partial charge in [-0.25, -0.2) is 0 Å². The van der Waals surface area contributed by atoms with E-state index in [0.29, 0.717) is 13.2 Å². The molecule has 8 nitrogen and oxygen atoms in total. The molecule has 0 spiro atoms. The molecule has 0 aliphatic rings. The van der Waals surface area contributed by atoms with Gasteiger partial charge in [-0.05, 0) is 13.8 Å². The third-order valence-corrected chi connectivity index (χ3v) is 2.56. The van der Waals surface area contributed by atoms with Crippen molar-refractivity contribution in [2.45, 2.75) is 32.1 Å². The number of alkyl halides is 3. The lowest BCUT2D eigenvalue weighted by Crippen LogP contribution is -2.26. The number of nitrogens with zero attached hydrogens (tertiary/aromatic N) is 3. The fourth-order valence-electron chi connectivity index (χ4n) is 1.72. The standard InChI is InChI=1S/C13H22F3N5O3/c1-8(5-22-3)17-10-19-11(18-9(2)6-23-4)21-12(20-10)24-7-13(14,15)16/h8-9H,5-7H2,1-4H3,(H2,17,18,19,20,21). The van der Waals surface area contributed by atoms with Crippen LogP contribution in [-0.2, 0) is 9.47 Å². The average molecular weight is 353 g/mol. The molecule has 0 saturated heterocycles. The van der Waals surface area contributed by atoms with E-state index in [2.05, 4.69) is 30.3 Å². The van der Waals surface area contributed by atoms with Gasteiger partial charge in [0.25, 0.3) is 0 Å². The Morgan fingerprint density at radius 3 is 1.75 bits per heavy atom. The first kappa shape index (κ1) is 20.2. The molecule has 0 bridgehead atoms. The summed E-state index contributed by atoms with van der Waals surface area (Å²) in [6, 6.07) is -0.740. The van der Waals surface area contributed by atoms with Crippen LogP contribution in [0.3, 0.4) is 0 Å². The highest BCUT2D eigenvalue weighted by molar-refractivity contribution is 5.37. The molecule has 1 aromatic rings. The van der Waals surface area contributed by atoms with Gasteiger partial charge in [0, 0.05) is 26.3 Å². The van der Waals surface area contributed by atoms with Gasteiger partial charge in [0.05, 0.1) is 13.2 Å². The number of nitrogens with one attached hydrogen (secondary N) is 2. The molecule has 0 aliphatic heterocycles. The van der Waals surface area contributed by atoms with Crippen LogP contribution in [0.2, 0.25) is 0 Å². The molecule has 0 amide bonds. The zero-order valence-electron chi connectivity index (χ0n) is 14.0. The Morgan fingerprint density at radius 2 is 1.38 bits per heavy atom. The van der Waals surface area contributed by atoms with Crippen LogP contribution in [0, 0.1) is 0 Å². The van der Waals surface area contributed by atoms with Gasteiger partial charge < -0.3 is 24.8 Å². The number of aromatic nitrogens is 3. The van der Waals surface area contributed by atoms with Crippen molar-refractivity contribution in [3.63, 3.8) is 0 Å². The first-order valence-corrected chi connectivity index (χ1v) is 7.20. The lowest BCUT2D eigenvalue weighted by atomic mass is 10.4. The largest absolute Gasteiger partial charge is 0.454 e. The number of anilines is 2. The molecule has 11 heteroatoms. The van der Waals surface area contributed by atoms with Gasteiger partial charge in [0.1, 0.15) is 0 Å². The molecule has 1 aromatic heterocycles. The Labute approximate surface area is 138 Å². The molecule has 0 radical (unpaired) electrons. The van der Waals surface area contributed by atoms with Gasteiger partial charge in [-0.15, -0.1) is 0 Å². The normalized spacial score (nSPS) is 14.1. The summed E-state index contributed by atoms with van der Waals surface area (Å²) >= 11 is 0. The highest BCUT2D eigenvalue weighted by atomic mass is 19.4. The van der Waals surface area contributed by atoms with Gasteiger partial charge in [0.2, 0.25) is 11.9 Å². The number of ether oxygens (including phenoxy) is 3. The van der Waals surface area contributed by atoms with Gasteiger partial charge in [-0.2, -0.15) is 28.1 Å². The van der Waals surface area contributed by atoms with Crippen LogP contribution in [0.15, 0.2) is 0 Å². The van der Waals surface area contributed by atoms with Gasteiger partial charge in [-0.1, -0.05) is 0 Å². The van der Waals surface area contributed by atoms with Crippen molar-refractivity contribution < 1.29 is 27.4 Å². The number of methoxy groups -OCH3 is 2. The maximum absolute atomic E-state index is 12.3. The van der Waals surface area contributed by atoms with Gasteiger partial charge in [-0.3, -0.25) is 0 Å². The predicted molar refractivity (Wildman–Crippen MR) is 81.3 cm³/mol. The molecular weight excluding hydrogens is 331 g/mol. The maximum Gasteiger partial charge on any atom is 0.422 e. The van der Waals surface area contributed by atoms with E-state index in [1.54, 1.807) is 0 Å². The molecule has 1 heterocycles. The Morgan fingerprint density at radius 1 is 0.917 bits per heavy atom. The zero-order valence-corrected chi connectivity index (χ0v) is 14.0. The lowest BCUT2D eigenvalue weighted by Gasteiger charge is -2.17. The van der Waals surface area contributed by atoms with Crippen LogP contribution in [0.1, 0.15) is 13.8 Å². The van der Waals surface area contributed by atoms with E-state index >= 15 is 0 Å². The van der Waals surface area contributed by atoms with Crippen molar-refractivity contribution in [1.29, 1.82) is 0 Å². The third-order valence-electron chi connectivity index (χ3n) is 2.56. The summed E-state index contributed by atoms with van der Waals surface area (Å²) in [6.07, 6.45) is -4.49. The molecule has 2 atom stereocenters. The fraction of sp³-hybridized carbons (Fsp3) is 0.769. The molecule has 0 fully saturated rings. The van der Waals surface area contributed by atoms with Crippen molar-refractivity contribution in [2.75, 3.05) is 44.7 Å². The van der Waals surface area contributed by atoms with Crippen LogP contribution >= 0.6 is 0 Å². The minimum Gasteiger partial charge on any atom is -0.454 e. The number of hydrogen-bond acceptors (Lipinski definition) is 8. The molecule has 0 aromatic carbocycles. The summed E-state index contributed by atoms with van der Waals surface area (Å²) in [5.74, 6) is 0.165. The first-order chi connectivity index (χ1) is 11.2. The van der Waals surface area contributed by atoms with Crippen LogP contribution in [0.4, 0.5) is 25.1 Å². The van der Waals surface area contributed by atoms with E-state index in [-0.39, 0.29) is 24.0 Å². The summed E-state index contributed by atoms with van der Waals surface area (Å²) in [4.78, 5) is 11.8. The predicted octanol–water partition coefficient (Wildman–Crippen LogP) is 1.71. The molecular formula is C13H22F3N5O3. The molecule has 0 aliphatic carbocycles. The van der Waals surface area contributed by atoms with E-state index in [1.807, 2.05) is 13.8 Å². The van der Waals surface area contributed by atoms with E-state index in [0.717, 1.165) is 0 Å². The summed E-state index contributed by atoms with van der Waals surface area (Å²) in [6.45, 7) is 2.87. The van der Waals surface area contributed by atoms with Crippen molar-refractivity contribution >= 4 is 11.9 Å². The monoisotopic (exact) mass is 353 g/mol. The van der Waals surface area contributed by atoms with Crippen LogP contribution in [0.25, 0.3) is 0 Å². The second-order valence-corrected chi connectivity index (χ2v) is 5.17. The SMILES string of the molecule is COCC(C)Nc1nc(NC(C)COC)nc(OCC(F)(F)F)n1. The number of hydrogen-bond donors (Lipinski definition) is 2. The van der Waals surface area contributed by atoms with E-state index in [4.69, 9.17) is 9.47 Å². The Hall–Kier alpha value is -1.88. The summed E-state index contributed by atoms with van der Waals surface area (Å²) in [5.41, 5.74) is 0. The van der Waals surface area contributed by atoms with E-state index in [9.17, 15) is 13.2 Å². The second-order valence-electron chi connectivity index (χ2n) is 5.17. The number of halogens is 3. The second kappa shape index (κ2) is 9.42. The lowest BCUT2D eigenvalue weighted by molar-refractivity contribution is -0.154. The van der Waals surface area contributed by atoms with Crippen LogP contribution in [-0.4, -0.2) is 67.3 Å². The minimum atomic E-state index is -4.49. The zero-order chi connectivity index (χ0) is 18.2. The summed E-state index contributed by atoms with van der Waals surface area (Å²) < 4.78 is 51.5. The fourth-order valence-corrected chi connectivity index (χ4v) is 1.72. The Balaban J connectivity index is 2.91. The van der Waals surface area contributed by atoms with Crippen molar-refractivity contribution in [2.24, 2.45) is 0 Å². The van der Waals surface area contributed by atoms with Crippen molar-refractivity contribution in [3.8, 4) is 6.01 Å². The maximum atomic E-state index is 12.3. The average Bonchev–Trinajstić information content (AvgIpc) is 2.44. The van der Waals surface area contributed by atoms with Crippen molar-refractivity contribution in [1.82, 2.24) is 15.0 Å². The summed E-state index contributed by atoms with van der Waals surface area (Å²) in [7, 11) is 3.06. The molecule has 24 heavy (non-hydrogen) atoms. The Kier molecular flexibility index (Phi) is 7.92. The third kappa shape index (κ3) is 8.11. The summed E-state index contributed by atoms with van der Waals surface area (Å²) in [5, 5.41) is 5.81. The van der Waals surface area contributed by atoms with E-state index in [1.165, 1.54) is 14.2 Å². The molecule has 1 rings (SSSR count). The topological polar surface area (TPSA) is 90.4 Å². The number of rotatable bonds is 10. The van der Waals surface area contributed by atoms with Crippen LogP contribution < -0.4 is 15.4 Å². The van der Waals surface area contributed by atoms with Crippen LogP contribution in [0.5, 0.6) is 6.01 Å². The molecule has 2 N–H and O–H groups in total. The highest BCUT2D eigenvalue weighted by Gasteiger charge is 2.29. The molecule has 0 saturated carbocycles. The van der Waals surface area contributed by atoms with E-state index < -0.39 is 18.8 Å².